The first kappa shape index (κ1) is 11.7. The number of hydrogen-bond acceptors (Lipinski definition) is 1. The lowest BCUT2D eigenvalue weighted by Crippen LogP contribution is -2.47. The standard InChI is InChI=1S/C13H24N2O/c1-3-13(4-2)7-9-15(10-8-13)12(16)14-11-5-6-11/h11H,3-10H2,1-2H3,(H,14,16). The minimum atomic E-state index is 0.170. The SMILES string of the molecule is CCC1(CC)CCN(C(=O)NC2CC2)CC1. The van der Waals surface area contributed by atoms with Crippen molar-refractivity contribution in [3.8, 4) is 0 Å². The third-order valence-electron chi connectivity index (χ3n) is 4.52. The zero-order valence-electron chi connectivity index (χ0n) is 10.6. The summed E-state index contributed by atoms with van der Waals surface area (Å²) in [6, 6.07) is 0.653. The Kier molecular flexibility index (Phi) is 3.41. The largest absolute Gasteiger partial charge is 0.335 e. The number of nitrogens with one attached hydrogen (secondary N) is 1. The van der Waals surface area contributed by atoms with Crippen molar-refractivity contribution in [1.29, 1.82) is 0 Å². The zero-order chi connectivity index (χ0) is 11.6. The minimum absolute atomic E-state index is 0.170. The van der Waals surface area contributed by atoms with Crippen LogP contribution in [-0.2, 0) is 0 Å². The molecule has 1 aliphatic carbocycles. The van der Waals surface area contributed by atoms with Gasteiger partial charge in [-0.3, -0.25) is 0 Å². The molecule has 2 aliphatic rings. The Labute approximate surface area is 98.6 Å². The maximum Gasteiger partial charge on any atom is 0.317 e. The van der Waals surface area contributed by atoms with E-state index in [1.165, 1.54) is 38.5 Å². The quantitative estimate of drug-likeness (QED) is 0.785. The Hall–Kier alpha value is -0.730. The molecule has 0 unspecified atom stereocenters. The van der Waals surface area contributed by atoms with E-state index in [0.29, 0.717) is 11.5 Å². The van der Waals surface area contributed by atoms with E-state index >= 15 is 0 Å². The second kappa shape index (κ2) is 4.64. The third-order valence-corrected chi connectivity index (χ3v) is 4.52. The van der Waals surface area contributed by atoms with E-state index in [1.807, 2.05) is 4.90 Å². The van der Waals surface area contributed by atoms with Crippen LogP contribution < -0.4 is 5.32 Å². The Morgan fingerprint density at radius 3 is 2.25 bits per heavy atom. The van der Waals surface area contributed by atoms with Gasteiger partial charge in [0.1, 0.15) is 0 Å². The topological polar surface area (TPSA) is 32.3 Å². The first-order valence-corrected chi connectivity index (χ1v) is 6.74. The number of likely N-dealkylation sites (tertiary alicyclic amines) is 1. The van der Waals surface area contributed by atoms with Gasteiger partial charge in [-0.1, -0.05) is 26.7 Å². The summed E-state index contributed by atoms with van der Waals surface area (Å²) in [5.41, 5.74) is 0.510. The van der Waals surface area contributed by atoms with Gasteiger partial charge in [0, 0.05) is 19.1 Å². The van der Waals surface area contributed by atoms with Crippen molar-refractivity contribution in [3.63, 3.8) is 0 Å². The van der Waals surface area contributed by atoms with Crippen LogP contribution in [0.2, 0.25) is 0 Å². The molecule has 0 spiro atoms. The molecule has 0 atom stereocenters. The Bertz CT molecular complexity index is 247. The van der Waals surface area contributed by atoms with E-state index in [1.54, 1.807) is 0 Å². The molecule has 3 heteroatoms. The van der Waals surface area contributed by atoms with Gasteiger partial charge in [-0.2, -0.15) is 0 Å². The lowest BCUT2D eigenvalue weighted by atomic mass is 9.74. The fourth-order valence-electron chi connectivity index (χ4n) is 2.63. The van der Waals surface area contributed by atoms with Gasteiger partial charge in [0.2, 0.25) is 0 Å². The van der Waals surface area contributed by atoms with E-state index in [0.717, 1.165) is 13.1 Å². The zero-order valence-corrected chi connectivity index (χ0v) is 10.6. The van der Waals surface area contributed by atoms with Crippen LogP contribution >= 0.6 is 0 Å². The molecule has 0 aromatic rings. The van der Waals surface area contributed by atoms with Crippen molar-refractivity contribution in [1.82, 2.24) is 10.2 Å². The fraction of sp³-hybridized carbons (Fsp3) is 0.923. The fourth-order valence-corrected chi connectivity index (χ4v) is 2.63. The first-order valence-electron chi connectivity index (χ1n) is 6.74. The molecule has 1 saturated heterocycles. The molecule has 1 saturated carbocycles. The molecular weight excluding hydrogens is 200 g/mol. The molecule has 0 bridgehead atoms. The molecule has 2 rings (SSSR count). The monoisotopic (exact) mass is 224 g/mol. The number of carbonyl (C=O) groups excluding carboxylic acids is 1. The summed E-state index contributed by atoms with van der Waals surface area (Å²) in [7, 11) is 0. The molecule has 2 amide bonds. The highest BCUT2D eigenvalue weighted by atomic mass is 16.2. The highest BCUT2D eigenvalue weighted by molar-refractivity contribution is 5.75. The molecule has 1 N–H and O–H groups in total. The molecule has 16 heavy (non-hydrogen) atoms. The predicted octanol–water partition coefficient (Wildman–Crippen LogP) is 2.76. The van der Waals surface area contributed by atoms with Gasteiger partial charge in [-0.15, -0.1) is 0 Å². The highest BCUT2D eigenvalue weighted by Gasteiger charge is 2.34. The van der Waals surface area contributed by atoms with Gasteiger partial charge in [-0.25, -0.2) is 4.79 Å². The number of rotatable bonds is 3. The number of amides is 2. The molecule has 0 aromatic heterocycles. The van der Waals surface area contributed by atoms with Crippen LogP contribution in [0.3, 0.4) is 0 Å². The van der Waals surface area contributed by atoms with Crippen LogP contribution in [0.4, 0.5) is 4.79 Å². The summed E-state index contributed by atoms with van der Waals surface area (Å²) in [5.74, 6) is 0. The number of piperidine rings is 1. The number of urea groups is 1. The Balaban J connectivity index is 1.81. The van der Waals surface area contributed by atoms with E-state index < -0.39 is 0 Å². The van der Waals surface area contributed by atoms with Crippen molar-refractivity contribution in [2.24, 2.45) is 5.41 Å². The normalized spacial score (nSPS) is 24.2. The van der Waals surface area contributed by atoms with Gasteiger partial charge in [0.15, 0.2) is 0 Å². The number of hydrogen-bond donors (Lipinski definition) is 1. The van der Waals surface area contributed by atoms with Crippen LogP contribution in [-0.4, -0.2) is 30.1 Å². The van der Waals surface area contributed by atoms with Crippen LogP contribution in [0.25, 0.3) is 0 Å². The van der Waals surface area contributed by atoms with E-state index in [9.17, 15) is 4.79 Å². The van der Waals surface area contributed by atoms with Gasteiger partial charge in [0.05, 0.1) is 0 Å². The molecule has 2 fully saturated rings. The molecule has 1 heterocycles. The first-order chi connectivity index (χ1) is 7.69. The van der Waals surface area contributed by atoms with Crippen molar-refractivity contribution in [3.05, 3.63) is 0 Å². The molecular formula is C13H24N2O. The van der Waals surface area contributed by atoms with Crippen molar-refractivity contribution in [2.45, 2.75) is 58.4 Å². The predicted molar refractivity (Wildman–Crippen MR) is 65.4 cm³/mol. The van der Waals surface area contributed by atoms with Gasteiger partial charge in [-0.05, 0) is 31.1 Å². The number of nitrogens with zero attached hydrogens (tertiary/aromatic N) is 1. The van der Waals surface area contributed by atoms with Crippen LogP contribution in [0.15, 0.2) is 0 Å². The van der Waals surface area contributed by atoms with E-state index in [-0.39, 0.29) is 6.03 Å². The second-order valence-electron chi connectivity index (χ2n) is 5.42. The maximum atomic E-state index is 11.9. The highest BCUT2D eigenvalue weighted by Crippen LogP contribution is 2.37. The van der Waals surface area contributed by atoms with Gasteiger partial charge >= 0.3 is 6.03 Å². The van der Waals surface area contributed by atoms with Crippen molar-refractivity contribution >= 4 is 6.03 Å². The third kappa shape index (κ3) is 2.50. The lowest BCUT2D eigenvalue weighted by molar-refractivity contribution is 0.109. The molecule has 0 aromatic carbocycles. The van der Waals surface area contributed by atoms with Crippen molar-refractivity contribution < 1.29 is 4.79 Å². The summed E-state index contributed by atoms with van der Waals surface area (Å²) in [6.45, 7) is 6.45. The smallest absolute Gasteiger partial charge is 0.317 e. The maximum absolute atomic E-state index is 11.9. The molecule has 0 radical (unpaired) electrons. The van der Waals surface area contributed by atoms with E-state index in [4.69, 9.17) is 0 Å². The second-order valence-corrected chi connectivity index (χ2v) is 5.42. The Morgan fingerprint density at radius 2 is 1.81 bits per heavy atom. The average molecular weight is 224 g/mol. The minimum Gasteiger partial charge on any atom is -0.335 e. The lowest BCUT2D eigenvalue weighted by Gasteiger charge is -2.40. The Morgan fingerprint density at radius 1 is 1.25 bits per heavy atom. The molecule has 1 aliphatic heterocycles. The van der Waals surface area contributed by atoms with Crippen molar-refractivity contribution in [2.75, 3.05) is 13.1 Å². The summed E-state index contributed by atoms with van der Waals surface area (Å²) < 4.78 is 0. The van der Waals surface area contributed by atoms with Gasteiger partial charge in [0.25, 0.3) is 0 Å². The van der Waals surface area contributed by atoms with Crippen LogP contribution in [0, 0.1) is 5.41 Å². The molecule has 92 valence electrons. The van der Waals surface area contributed by atoms with Crippen LogP contribution in [0.5, 0.6) is 0 Å². The number of carbonyl (C=O) groups is 1. The average Bonchev–Trinajstić information content (AvgIpc) is 3.13. The summed E-state index contributed by atoms with van der Waals surface area (Å²) in [6.07, 6.45) is 7.21. The van der Waals surface area contributed by atoms with Gasteiger partial charge < -0.3 is 10.2 Å². The summed E-state index contributed by atoms with van der Waals surface area (Å²) in [5, 5.41) is 3.07. The molecule has 3 nitrogen and oxygen atoms in total. The van der Waals surface area contributed by atoms with Crippen LogP contribution in [0.1, 0.15) is 52.4 Å². The van der Waals surface area contributed by atoms with E-state index in [2.05, 4.69) is 19.2 Å². The summed E-state index contributed by atoms with van der Waals surface area (Å²) >= 11 is 0. The summed E-state index contributed by atoms with van der Waals surface area (Å²) in [4.78, 5) is 13.9.